The molecule has 0 saturated heterocycles. The van der Waals surface area contributed by atoms with Crippen molar-refractivity contribution in [2.24, 2.45) is 0 Å². The summed E-state index contributed by atoms with van der Waals surface area (Å²) in [4.78, 5) is 12.6. The molecule has 7 heteroatoms. The van der Waals surface area contributed by atoms with Gasteiger partial charge >= 0.3 is 0 Å². The average Bonchev–Trinajstić information content (AvgIpc) is 3.34. The summed E-state index contributed by atoms with van der Waals surface area (Å²) >= 11 is 6.27. The second-order valence-electron chi connectivity index (χ2n) is 8.04. The van der Waals surface area contributed by atoms with Crippen LogP contribution in [0.1, 0.15) is 78.4 Å². The Hall–Kier alpha value is -2.73. The SMILES string of the molecule is CCn1ncc(C(C)NC(=O)c2ccc(COc3cc(C)c(Cl)cc3C(C)C)o2)c1C. The van der Waals surface area contributed by atoms with Crippen molar-refractivity contribution in [3.8, 4) is 5.75 Å². The van der Waals surface area contributed by atoms with Crippen molar-refractivity contribution in [1.29, 1.82) is 0 Å². The van der Waals surface area contributed by atoms with Gasteiger partial charge in [0.25, 0.3) is 5.91 Å². The summed E-state index contributed by atoms with van der Waals surface area (Å²) in [5, 5.41) is 8.04. The van der Waals surface area contributed by atoms with E-state index in [0.29, 0.717) is 5.76 Å². The average molecular weight is 444 g/mol. The Bertz CT molecular complexity index is 1070. The first-order chi connectivity index (χ1) is 14.7. The van der Waals surface area contributed by atoms with Crippen molar-refractivity contribution >= 4 is 17.5 Å². The molecule has 0 radical (unpaired) electrons. The van der Waals surface area contributed by atoms with Crippen molar-refractivity contribution in [3.05, 3.63) is 69.4 Å². The first-order valence-corrected chi connectivity index (χ1v) is 10.9. The van der Waals surface area contributed by atoms with Crippen LogP contribution in [-0.4, -0.2) is 15.7 Å². The maximum absolute atomic E-state index is 12.6. The lowest BCUT2D eigenvalue weighted by molar-refractivity contribution is 0.0907. The second-order valence-corrected chi connectivity index (χ2v) is 8.45. The fourth-order valence-electron chi connectivity index (χ4n) is 3.52. The Morgan fingerprint density at radius 1 is 1.23 bits per heavy atom. The third-order valence-corrected chi connectivity index (χ3v) is 5.83. The fourth-order valence-corrected chi connectivity index (χ4v) is 3.70. The zero-order chi connectivity index (χ0) is 22.7. The Labute approximate surface area is 188 Å². The fraction of sp³-hybridized carbons (Fsp3) is 0.417. The molecule has 166 valence electrons. The molecule has 1 unspecified atom stereocenters. The van der Waals surface area contributed by atoms with Crippen molar-refractivity contribution in [1.82, 2.24) is 15.1 Å². The molecule has 0 saturated carbocycles. The number of nitrogens with one attached hydrogen (secondary N) is 1. The summed E-state index contributed by atoms with van der Waals surface area (Å²) in [6.45, 7) is 13.1. The van der Waals surface area contributed by atoms with Gasteiger partial charge in [-0.25, -0.2) is 0 Å². The van der Waals surface area contributed by atoms with E-state index in [1.807, 2.05) is 44.5 Å². The van der Waals surface area contributed by atoms with Crippen molar-refractivity contribution in [2.45, 2.75) is 66.7 Å². The highest BCUT2D eigenvalue weighted by atomic mass is 35.5. The number of hydrogen-bond acceptors (Lipinski definition) is 4. The lowest BCUT2D eigenvalue weighted by Gasteiger charge is -2.15. The number of carbonyl (C=O) groups excluding carboxylic acids is 1. The zero-order valence-corrected chi connectivity index (χ0v) is 19.7. The minimum absolute atomic E-state index is 0.178. The molecule has 0 bridgehead atoms. The van der Waals surface area contributed by atoms with Gasteiger partial charge in [0.15, 0.2) is 5.76 Å². The lowest BCUT2D eigenvalue weighted by atomic mass is 10.0. The first-order valence-electron chi connectivity index (χ1n) is 10.6. The number of furan rings is 1. The third-order valence-electron chi connectivity index (χ3n) is 5.42. The van der Waals surface area contributed by atoms with Gasteiger partial charge in [-0.1, -0.05) is 25.4 Å². The predicted molar refractivity (Wildman–Crippen MR) is 122 cm³/mol. The number of nitrogens with zero attached hydrogens (tertiary/aromatic N) is 2. The number of aromatic nitrogens is 2. The van der Waals surface area contributed by atoms with Crippen LogP contribution >= 0.6 is 11.6 Å². The minimum Gasteiger partial charge on any atom is -0.485 e. The van der Waals surface area contributed by atoms with Gasteiger partial charge in [-0.15, -0.1) is 0 Å². The molecular weight excluding hydrogens is 414 g/mol. The highest BCUT2D eigenvalue weighted by molar-refractivity contribution is 6.31. The smallest absolute Gasteiger partial charge is 0.287 e. The number of aryl methyl sites for hydroxylation is 2. The molecule has 0 aliphatic rings. The summed E-state index contributed by atoms with van der Waals surface area (Å²) in [5.41, 5.74) is 4.03. The Balaban J connectivity index is 1.66. The summed E-state index contributed by atoms with van der Waals surface area (Å²) in [6.07, 6.45) is 1.80. The van der Waals surface area contributed by atoms with Gasteiger partial charge in [0.1, 0.15) is 18.1 Å². The number of benzene rings is 1. The van der Waals surface area contributed by atoms with Crippen molar-refractivity contribution < 1.29 is 13.9 Å². The first kappa shape index (κ1) is 22.9. The quantitative estimate of drug-likeness (QED) is 0.466. The topological polar surface area (TPSA) is 69.3 Å². The number of halogens is 1. The molecule has 0 spiro atoms. The van der Waals surface area contributed by atoms with Gasteiger partial charge in [0.05, 0.1) is 12.2 Å². The van der Waals surface area contributed by atoms with Gasteiger partial charge in [0.2, 0.25) is 0 Å². The second kappa shape index (κ2) is 9.60. The van der Waals surface area contributed by atoms with Crippen LogP contribution in [0, 0.1) is 13.8 Å². The zero-order valence-electron chi connectivity index (χ0n) is 19.0. The van der Waals surface area contributed by atoms with Crippen LogP contribution in [0.2, 0.25) is 5.02 Å². The number of rotatable bonds is 8. The van der Waals surface area contributed by atoms with E-state index in [4.69, 9.17) is 20.8 Å². The molecule has 1 aromatic carbocycles. The summed E-state index contributed by atoms with van der Waals surface area (Å²) < 4.78 is 13.6. The standard InChI is InChI=1S/C24H30ClN3O3/c1-7-28-17(6)20(12-26-28)16(5)27-24(29)22-9-8-18(31-22)13-30-23-10-15(4)21(25)11-19(23)14(2)3/h8-12,14,16H,7,13H2,1-6H3,(H,27,29). The van der Waals surface area contributed by atoms with Crippen molar-refractivity contribution in [2.75, 3.05) is 0 Å². The van der Waals surface area contributed by atoms with E-state index in [2.05, 4.69) is 24.3 Å². The molecule has 0 aliphatic heterocycles. The Morgan fingerprint density at radius 3 is 2.61 bits per heavy atom. The molecule has 1 N–H and O–H groups in total. The molecule has 6 nitrogen and oxygen atoms in total. The Morgan fingerprint density at radius 2 is 1.97 bits per heavy atom. The maximum atomic E-state index is 12.6. The molecular formula is C24H30ClN3O3. The number of ether oxygens (including phenoxy) is 1. The van der Waals surface area contributed by atoms with Crippen LogP contribution in [0.3, 0.4) is 0 Å². The summed E-state index contributed by atoms with van der Waals surface area (Å²) in [5.74, 6) is 1.61. The highest BCUT2D eigenvalue weighted by Crippen LogP contribution is 2.32. The molecule has 3 rings (SSSR count). The number of hydrogen-bond donors (Lipinski definition) is 1. The van der Waals surface area contributed by atoms with E-state index >= 15 is 0 Å². The van der Waals surface area contributed by atoms with Crippen LogP contribution in [0.5, 0.6) is 5.75 Å². The minimum atomic E-state index is -0.271. The molecule has 31 heavy (non-hydrogen) atoms. The summed E-state index contributed by atoms with van der Waals surface area (Å²) in [6, 6.07) is 7.14. The van der Waals surface area contributed by atoms with Crippen molar-refractivity contribution in [3.63, 3.8) is 0 Å². The maximum Gasteiger partial charge on any atom is 0.287 e. The van der Waals surface area contributed by atoms with Gasteiger partial charge in [-0.05, 0) is 69.0 Å². The molecule has 0 fully saturated rings. The molecule has 2 aromatic heterocycles. The van der Waals surface area contributed by atoms with E-state index in [-0.39, 0.29) is 30.2 Å². The molecule has 0 aliphatic carbocycles. The predicted octanol–water partition coefficient (Wildman–Crippen LogP) is 5.96. The van der Waals surface area contributed by atoms with E-state index < -0.39 is 0 Å². The van der Waals surface area contributed by atoms with Crippen LogP contribution < -0.4 is 10.1 Å². The van der Waals surface area contributed by atoms with Gasteiger partial charge in [-0.3, -0.25) is 9.48 Å². The monoisotopic (exact) mass is 443 g/mol. The normalized spacial score (nSPS) is 12.3. The van der Waals surface area contributed by atoms with Crippen LogP contribution in [0.15, 0.2) is 34.9 Å². The number of carbonyl (C=O) groups is 1. The van der Waals surface area contributed by atoms with E-state index in [9.17, 15) is 4.79 Å². The number of amides is 1. The van der Waals surface area contributed by atoms with E-state index in [1.54, 1.807) is 18.3 Å². The molecule has 1 amide bonds. The van der Waals surface area contributed by atoms with E-state index in [1.165, 1.54) is 0 Å². The van der Waals surface area contributed by atoms with Crippen LogP contribution in [0.4, 0.5) is 0 Å². The molecule has 1 atom stereocenters. The van der Waals surface area contributed by atoms with Crippen LogP contribution in [0.25, 0.3) is 0 Å². The summed E-state index contributed by atoms with van der Waals surface area (Å²) in [7, 11) is 0. The van der Waals surface area contributed by atoms with Crippen LogP contribution in [-0.2, 0) is 13.2 Å². The molecule has 3 aromatic rings. The van der Waals surface area contributed by atoms with Gasteiger partial charge in [-0.2, -0.15) is 5.10 Å². The Kier molecular flexibility index (Phi) is 7.11. The van der Waals surface area contributed by atoms with Gasteiger partial charge < -0.3 is 14.5 Å². The van der Waals surface area contributed by atoms with Gasteiger partial charge in [0, 0.05) is 22.8 Å². The largest absolute Gasteiger partial charge is 0.485 e. The third kappa shape index (κ3) is 5.13. The molecule has 2 heterocycles. The van der Waals surface area contributed by atoms with E-state index in [0.717, 1.165) is 39.7 Å². The lowest BCUT2D eigenvalue weighted by Crippen LogP contribution is -2.26. The highest BCUT2D eigenvalue weighted by Gasteiger charge is 2.19.